The fourth-order valence-corrected chi connectivity index (χ4v) is 2.73. The number of anilines is 1. The Kier molecular flexibility index (Phi) is 6.62. The Labute approximate surface area is 174 Å². The summed E-state index contributed by atoms with van der Waals surface area (Å²) in [6.07, 6.45) is 2.91. The standard InChI is InChI=1S/C20H14BrClN2O4/c21-14-9-13(10-23-11-14)20(26)27-12-19(25)24-15-5-7-16(8-6-15)28-18-4-2-1-3-17(18)22/h1-11H,12H2,(H,24,25). The molecule has 0 aliphatic heterocycles. The van der Waals surface area contributed by atoms with E-state index in [9.17, 15) is 9.59 Å². The maximum atomic E-state index is 12.0. The molecule has 0 aliphatic carbocycles. The molecular formula is C20H14BrClN2O4. The monoisotopic (exact) mass is 460 g/mol. The zero-order chi connectivity index (χ0) is 19.9. The Morgan fingerprint density at radius 2 is 1.82 bits per heavy atom. The predicted octanol–water partition coefficient (Wildman–Crippen LogP) is 5.09. The largest absolute Gasteiger partial charge is 0.456 e. The van der Waals surface area contributed by atoms with E-state index in [0.717, 1.165) is 0 Å². The van der Waals surface area contributed by atoms with Crippen LogP contribution in [0.3, 0.4) is 0 Å². The summed E-state index contributed by atoms with van der Waals surface area (Å²) >= 11 is 9.28. The number of amides is 1. The average Bonchev–Trinajstić information content (AvgIpc) is 2.69. The summed E-state index contributed by atoms with van der Waals surface area (Å²) in [5.41, 5.74) is 0.792. The van der Waals surface area contributed by atoms with Crippen LogP contribution in [0, 0.1) is 0 Å². The van der Waals surface area contributed by atoms with E-state index in [-0.39, 0.29) is 5.56 Å². The molecule has 3 aromatic rings. The molecule has 0 bridgehead atoms. The number of halogens is 2. The third-order valence-electron chi connectivity index (χ3n) is 3.48. The minimum absolute atomic E-state index is 0.253. The SMILES string of the molecule is O=C(COC(=O)c1cncc(Br)c1)Nc1ccc(Oc2ccccc2Cl)cc1. The summed E-state index contributed by atoms with van der Waals surface area (Å²) in [6, 6.07) is 15.4. The molecule has 1 heterocycles. The van der Waals surface area contributed by atoms with E-state index in [1.54, 1.807) is 48.7 Å². The van der Waals surface area contributed by atoms with Gasteiger partial charge in [0.2, 0.25) is 0 Å². The van der Waals surface area contributed by atoms with Gasteiger partial charge in [0.15, 0.2) is 6.61 Å². The van der Waals surface area contributed by atoms with Crippen molar-refractivity contribution in [3.05, 3.63) is 82.0 Å². The second-order valence-corrected chi connectivity index (χ2v) is 6.90. The van der Waals surface area contributed by atoms with Gasteiger partial charge in [0.25, 0.3) is 5.91 Å². The van der Waals surface area contributed by atoms with Crippen LogP contribution in [0.4, 0.5) is 5.69 Å². The van der Waals surface area contributed by atoms with Gasteiger partial charge in [0.1, 0.15) is 11.5 Å². The first-order valence-corrected chi connectivity index (χ1v) is 9.28. The molecule has 0 saturated carbocycles. The van der Waals surface area contributed by atoms with Gasteiger partial charge in [-0.1, -0.05) is 23.7 Å². The number of hydrogen-bond donors (Lipinski definition) is 1. The van der Waals surface area contributed by atoms with E-state index in [2.05, 4.69) is 26.2 Å². The summed E-state index contributed by atoms with van der Waals surface area (Å²) < 4.78 is 11.3. The van der Waals surface area contributed by atoms with Crippen LogP contribution in [0.1, 0.15) is 10.4 Å². The molecule has 0 radical (unpaired) electrons. The van der Waals surface area contributed by atoms with Crippen molar-refractivity contribution in [3.63, 3.8) is 0 Å². The van der Waals surface area contributed by atoms with Gasteiger partial charge in [-0.15, -0.1) is 0 Å². The first-order valence-electron chi connectivity index (χ1n) is 8.11. The molecule has 0 aliphatic rings. The summed E-state index contributed by atoms with van der Waals surface area (Å²) in [6.45, 7) is -0.413. The molecule has 28 heavy (non-hydrogen) atoms. The lowest BCUT2D eigenvalue weighted by atomic mass is 10.3. The van der Waals surface area contributed by atoms with Gasteiger partial charge in [-0.25, -0.2) is 4.79 Å². The number of carbonyl (C=O) groups is 2. The van der Waals surface area contributed by atoms with Gasteiger partial charge in [-0.3, -0.25) is 9.78 Å². The lowest BCUT2D eigenvalue weighted by Gasteiger charge is -2.09. The molecule has 0 fully saturated rings. The molecule has 142 valence electrons. The van der Waals surface area contributed by atoms with Crippen molar-refractivity contribution >= 4 is 45.1 Å². The number of carbonyl (C=O) groups excluding carboxylic acids is 2. The highest BCUT2D eigenvalue weighted by Crippen LogP contribution is 2.29. The molecule has 1 amide bonds. The molecule has 1 aromatic heterocycles. The Balaban J connectivity index is 1.51. The molecule has 3 rings (SSSR count). The Hall–Kier alpha value is -2.90. The summed E-state index contributed by atoms with van der Waals surface area (Å²) in [5, 5.41) is 3.14. The van der Waals surface area contributed by atoms with Crippen molar-refractivity contribution in [3.8, 4) is 11.5 Å². The average molecular weight is 462 g/mol. The summed E-state index contributed by atoms with van der Waals surface area (Å²) in [5.74, 6) is 0.0121. The van der Waals surface area contributed by atoms with Crippen LogP contribution in [0.2, 0.25) is 5.02 Å². The van der Waals surface area contributed by atoms with Crippen molar-refractivity contribution < 1.29 is 19.1 Å². The molecule has 6 nitrogen and oxygen atoms in total. The molecule has 2 aromatic carbocycles. The Bertz CT molecular complexity index is 996. The van der Waals surface area contributed by atoms with Crippen LogP contribution in [0.5, 0.6) is 11.5 Å². The van der Waals surface area contributed by atoms with Crippen LogP contribution in [-0.4, -0.2) is 23.5 Å². The quantitative estimate of drug-likeness (QED) is 0.518. The number of ether oxygens (including phenoxy) is 2. The van der Waals surface area contributed by atoms with Crippen LogP contribution in [0.25, 0.3) is 0 Å². The number of benzene rings is 2. The molecule has 0 spiro atoms. The molecule has 0 unspecified atom stereocenters. The van der Waals surface area contributed by atoms with E-state index in [4.69, 9.17) is 21.1 Å². The van der Waals surface area contributed by atoms with Crippen LogP contribution in [0.15, 0.2) is 71.5 Å². The normalized spacial score (nSPS) is 10.2. The Morgan fingerprint density at radius 1 is 1.07 bits per heavy atom. The zero-order valence-electron chi connectivity index (χ0n) is 14.4. The maximum absolute atomic E-state index is 12.0. The number of nitrogens with one attached hydrogen (secondary N) is 1. The fourth-order valence-electron chi connectivity index (χ4n) is 2.20. The number of aromatic nitrogens is 1. The fraction of sp³-hybridized carbons (Fsp3) is 0.0500. The highest BCUT2D eigenvalue weighted by molar-refractivity contribution is 9.10. The molecular weight excluding hydrogens is 448 g/mol. The van der Waals surface area contributed by atoms with Gasteiger partial charge in [0.05, 0.1) is 10.6 Å². The number of nitrogens with zero attached hydrogens (tertiary/aromatic N) is 1. The van der Waals surface area contributed by atoms with E-state index in [0.29, 0.717) is 26.7 Å². The minimum atomic E-state index is -0.632. The highest BCUT2D eigenvalue weighted by Gasteiger charge is 2.11. The van der Waals surface area contributed by atoms with E-state index >= 15 is 0 Å². The van der Waals surface area contributed by atoms with Crippen molar-refractivity contribution in [1.82, 2.24) is 4.98 Å². The third-order valence-corrected chi connectivity index (χ3v) is 4.22. The topological polar surface area (TPSA) is 77.5 Å². The number of pyridine rings is 1. The van der Waals surface area contributed by atoms with Gasteiger partial charge in [-0.2, -0.15) is 0 Å². The van der Waals surface area contributed by atoms with E-state index in [1.165, 1.54) is 6.20 Å². The zero-order valence-corrected chi connectivity index (χ0v) is 16.7. The molecule has 1 N–H and O–H groups in total. The number of esters is 1. The number of rotatable bonds is 6. The maximum Gasteiger partial charge on any atom is 0.340 e. The first-order chi connectivity index (χ1) is 13.5. The second-order valence-electron chi connectivity index (χ2n) is 5.57. The predicted molar refractivity (Wildman–Crippen MR) is 109 cm³/mol. The van der Waals surface area contributed by atoms with Crippen LogP contribution >= 0.6 is 27.5 Å². The lowest BCUT2D eigenvalue weighted by molar-refractivity contribution is -0.119. The van der Waals surface area contributed by atoms with Crippen LogP contribution < -0.4 is 10.1 Å². The van der Waals surface area contributed by atoms with Crippen molar-refractivity contribution in [1.29, 1.82) is 0 Å². The van der Waals surface area contributed by atoms with Gasteiger partial charge < -0.3 is 14.8 Å². The lowest BCUT2D eigenvalue weighted by Crippen LogP contribution is -2.21. The van der Waals surface area contributed by atoms with Crippen LogP contribution in [-0.2, 0) is 9.53 Å². The van der Waals surface area contributed by atoms with Crippen molar-refractivity contribution in [2.45, 2.75) is 0 Å². The molecule has 0 saturated heterocycles. The molecule has 0 atom stereocenters. The minimum Gasteiger partial charge on any atom is -0.456 e. The van der Waals surface area contributed by atoms with Crippen molar-refractivity contribution in [2.24, 2.45) is 0 Å². The first kappa shape index (κ1) is 19.9. The van der Waals surface area contributed by atoms with Gasteiger partial charge in [0, 0.05) is 22.6 Å². The van der Waals surface area contributed by atoms with Crippen molar-refractivity contribution in [2.75, 3.05) is 11.9 Å². The Morgan fingerprint density at radius 3 is 2.54 bits per heavy atom. The summed E-state index contributed by atoms with van der Waals surface area (Å²) in [4.78, 5) is 27.8. The van der Waals surface area contributed by atoms with Gasteiger partial charge in [-0.05, 0) is 58.4 Å². The van der Waals surface area contributed by atoms with E-state index < -0.39 is 18.5 Å². The number of hydrogen-bond acceptors (Lipinski definition) is 5. The number of para-hydroxylation sites is 1. The smallest absolute Gasteiger partial charge is 0.340 e. The highest BCUT2D eigenvalue weighted by atomic mass is 79.9. The third kappa shape index (κ3) is 5.55. The summed E-state index contributed by atoms with van der Waals surface area (Å²) in [7, 11) is 0. The van der Waals surface area contributed by atoms with Gasteiger partial charge >= 0.3 is 5.97 Å². The molecule has 8 heteroatoms. The van der Waals surface area contributed by atoms with E-state index in [1.807, 2.05) is 12.1 Å². The second kappa shape index (κ2) is 9.34.